The number of amides is 2. The van der Waals surface area contributed by atoms with Gasteiger partial charge in [0.15, 0.2) is 0 Å². The van der Waals surface area contributed by atoms with Gasteiger partial charge in [-0.15, -0.1) is 0 Å². The third kappa shape index (κ3) is 2.74. The molecular formula is C22H28N2O5. The molecular weight excluding hydrogens is 372 g/mol. The lowest BCUT2D eigenvalue weighted by Gasteiger charge is -2.62. The zero-order valence-electron chi connectivity index (χ0n) is 17.6. The number of hydrogen-bond donors (Lipinski definition) is 1. The Morgan fingerprint density at radius 1 is 1.34 bits per heavy atom. The highest BCUT2D eigenvalue weighted by Gasteiger charge is 2.67. The van der Waals surface area contributed by atoms with Crippen molar-refractivity contribution in [3.05, 3.63) is 23.8 Å². The Labute approximate surface area is 170 Å². The molecule has 3 atom stereocenters. The maximum absolute atomic E-state index is 13.3. The average molecular weight is 400 g/mol. The predicted molar refractivity (Wildman–Crippen MR) is 106 cm³/mol. The van der Waals surface area contributed by atoms with E-state index in [9.17, 15) is 14.4 Å². The van der Waals surface area contributed by atoms with Crippen molar-refractivity contribution in [3.8, 4) is 11.5 Å². The van der Waals surface area contributed by atoms with Gasteiger partial charge in [0.05, 0.1) is 13.0 Å². The van der Waals surface area contributed by atoms with E-state index in [1.807, 2.05) is 26.0 Å². The van der Waals surface area contributed by atoms with Crippen molar-refractivity contribution in [2.45, 2.75) is 57.5 Å². The second-order valence-corrected chi connectivity index (χ2v) is 9.18. The normalized spacial score (nSPS) is 28.0. The van der Waals surface area contributed by atoms with Crippen LogP contribution in [0.25, 0.3) is 0 Å². The summed E-state index contributed by atoms with van der Waals surface area (Å²) in [5, 5.41) is 2.91. The molecule has 1 aromatic carbocycles. The first-order chi connectivity index (χ1) is 13.6. The van der Waals surface area contributed by atoms with Crippen LogP contribution in [0.3, 0.4) is 0 Å². The fourth-order valence-corrected chi connectivity index (χ4v) is 5.19. The van der Waals surface area contributed by atoms with Crippen LogP contribution in [0.1, 0.15) is 46.1 Å². The van der Waals surface area contributed by atoms with Crippen molar-refractivity contribution in [1.82, 2.24) is 10.2 Å². The molecule has 2 heterocycles. The molecule has 0 bridgehead atoms. The lowest BCUT2D eigenvalue weighted by atomic mass is 9.46. The molecule has 29 heavy (non-hydrogen) atoms. The van der Waals surface area contributed by atoms with Crippen LogP contribution < -0.4 is 14.8 Å². The Kier molecular flexibility index (Phi) is 4.40. The third-order valence-corrected chi connectivity index (χ3v) is 6.85. The summed E-state index contributed by atoms with van der Waals surface area (Å²) in [4.78, 5) is 40.3. The van der Waals surface area contributed by atoms with Crippen molar-refractivity contribution >= 4 is 17.8 Å². The number of esters is 1. The standard InChI is InChI=1S/C22H28N2O5/c1-12(2)23-20(27)21(3,4)24-11-13-8-16-19(26)29-17-9-14(28-5)6-7-15(17)22(13,16)10-18(24)25/h6-7,9,12-13,16H,8,10-11H2,1-5H3,(H,23,27)/t13-,16-,22+/m1/s1. The number of nitrogens with one attached hydrogen (secondary N) is 1. The van der Waals surface area contributed by atoms with Gasteiger partial charge < -0.3 is 19.7 Å². The van der Waals surface area contributed by atoms with Crippen LogP contribution in [-0.4, -0.2) is 47.9 Å². The Balaban J connectivity index is 1.67. The molecule has 3 aliphatic rings. The molecule has 2 aliphatic heterocycles. The smallest absolute Gasteiger partial charge is 0.315 e. The number of benzene rings is 1. The Bertz CT molecular complexity index is 893. The molecule has 1 spiro atoms. The van der Waals surface area contributed by atoms with Gasteiger partial charge in [0.2, 0.25) is 11.8 Å². The predicted octanol–water partition coefficient (Wildman–Crippen LogP) is 2.02. The van der Waals surface area contributed by atoms with Crippen LogP contribution in [-0.2, 0) is 19.8 Å². The second-order valence-electron chi connectivity index (χ2n) is 9.18. The summed E-state index contributed by atoms with van der Waals surface area (Å²) in [7, 11) is 1.56. The molecule has 7 heteroatoms. The molecule has 7 nitrogen and oxygen atoms in total. The van der Waals surface area contributed by atoms with E-state index in [2.05, 4.69) is 5.32 Å². The highest BCUT2D eigenvalue weighted by molar-refractivity contribution is 5.93. The number of methoxy groups -OCH3 is 1. The summed E-state index contributed by atoms with van der Waals surface area (Å²) in [5.74, 6) is 0.335. The minimum absolute atomic E-state index is 0.00364. The number of nitrogens with zero attached hydrogens (tertiary/aromatic N) is 1. The summed E-state index contributed by atoms with van der Waals surface area (Å²) in [5.41, 5.74) is -0.599. The topological polar surface area (TPSA) is 84.9 Å². The van der Waals surface area contributed by atoms with Crippen LogP contribution in [0, 0.1) is 11.8 Å². The average Bonchev–Trinajstić information content (AvgIpc) is 2.62. The highest BCUT2D eigenvalue weighted by atomic mass is 16.5. The lowest BCUT2D eigenvalue weighted by molar-refractivity contribution is -0.173. The summed E-state index contributed by atoms with van der Waals surface area (Å²) in [6.07, 6.45) is 0.866. The molecule has 1 aliphatic carbocycles. The van der Waals surface area contributed by atoms with Crippen molar-refractivity contribution in [1.29, 1.82) is 0 Å². The highest BCUT2D eigenvalue weighted by Crippen LogP contribution is 2.63. The first-order valence-corrected chi connectivity index (χ1v) is 10.1. The van der Waals surface area contributed by atoms with Crippen LogP contribution >= 0.6 is 0 Å². The summed E-state index contributed by atoms with van der Waals surface area (Å²) >= 11 is 0. The van der Waals surface area contributed by atoms with Gasteiger partial charge in [-0.3, -0.25) is 14.4 Å². The molecule has 1 saturated carbocycles. The molecule has 1 aromatic rings. The Morgan fingerprint density at radius 2 is 2.07 bits per heavy atom. The largest absolute Gasteiger partial charge is 0.497 e. The molecule has 0 unspecified atom stereocenters. The molecule has 1 N–H and O–H groups in total. The molecule has 1 saturated heterocycles. The number of piperidine rings is 1. The summed E-state index contributed by atoms with van der Waals surface area (Å²) < 4.78 is 10.8. The van der Waals surface area contributed by atoms with Gasteiger partial charge in [-0.05, 0) is 46.1 Å². The number of fused-ring (bicyclic) bond motifs is 1. The van der Waals surface area contributed by atoms with E-state index in [0.717, 1.165) is 5.56 Å². The van der Waals surface area contributed by atoms with Crippen LogP contribution in [0.4, 0.5) is 0 Å². The van der Waals surface area contributed by atoms with Crippen molar-refractivity contribution in [2.75, 3.05) is 13.7 Å². The van der Waals surface area contributed by atoms with Crippen LogP contribution in [0.15, 0.2) is 18.2 Å². The quantitative estimate of drug-likeness (QED) is 0.617. The third-order valence-electron chi connectivity index (χ3n) is 6.85. The van der Waals surface area contributed by atoms with Gasteiger partial charge in [-0.2, -0.15) is 0 Å². The van der Waals surface area contributed by atoms with Crippen molar-refractivity contribution in [2.24, 2.45) is 11.8 Å². The Hall–Kier alpha value is -2.57. The zero-order valence-corrected chi connectivity index (χ0v) is 17.6. The fourth-order valence-electron chi connectivity index (χ4n) is 5.19. The Morgan fingerprint density at radius 3 is 2.72 bits per heavy atom. The second kappa shape index (κ2) is 6.47. The first-order valence-electron chi connectivity index (χ1n) is 10.1. The molecule has 0 aromatic heterocycles. The van der Waals surface area contributed by atoms with Gasteiger partial charge in [0, 0.05) is 36.1 Å². The SMILES string of the molecule is COc1ccc2c(c1)OC(=O)[C@H]1C[C@@H]3CN(C(C)(C)C(=O)NC(C)C)C(=O)C[C@@]231. The van der Waals surface area contributed by atoms with Crippen LogP contribution in [0.5, 0.6) is 11.5 Å². The zero-order chi connectivity index (χ0) is 21.1. The molecule has 156 valence electrons. The van der Waals surface area contributed by atoms with Crippen LogP contribution in [0.2, 0.25) is 0 Å². The minimum Gasteiger partial charge on any atom is -0.497 e. The van der Waals surface area contributed by atoms with Crippen molar-refractivity contribution < 1.29 is 23.9 Å². The van der Waals surface area contributed by atoms with E-state index in [4.69, 9.17) is 9.47 Å². The van der Waals surface area contributed by atoms with Gasteiger partial charge in [0.25, 0.3) is 0 Å². The molecule has 2 fully saturated rings. The number of ether oxygens (including phenoxy) is 2. The number of rotatable bonds is 4. The van der Waals surface area contributed by atoms with E-state index in [0.29, 0.717) is 24.5 Å². The molecule has 0 radical (unpaired) electrons. The van der Waals surface area contributed by atoms with E-state index in [-0.39, 0.29) is 42.1 Å². The molecule has 4 rings (SSSR count). The maximum atomic E-state index is 13.3. The number of likely N-dealkylation sites (tertiary alicyclic amines) is 1. The summed E-state index contributed by atoms with van der Waals surface area (Å²) in [6, 6.07) is 5.47. The van der Waals surface area contributed by atoms with E-state index >= 15 is 0 Å². The molecule has 2 amide bonds. The number of hydrogen-bond acceptors (Lipinski definition) is 5. The maximum Gasteiger partial charge on any atom is 0.315 e. The van der Waals surface area contributed by atoms with Gasteiger partial charge in [-0.1, -0.05) is 6.07 Å². The van der Waals surface area contributed by atoms with E-state index in [1.165, 1.54) is 0 Å². The van der Waals surface area contributed by atoms with E-state index in [1.54, 1.807) is 31.9 Å². The monoisotopic (exact) mass is 400 g/mol. The van der Waals surface area contributed by atoms with Gasteiger partial charge >= 0.3 is 5.97 Å². The van der Waals surface area contributed by atoms with Gasteiger partial charge in [-0.25, -0.2) is 0 Å². The fraction of sp³-hybridized carbons (Fsp3) is 0.591. The number of carbonyl (C=O) groups is 3. The van der Waals surface area contributed by atoms with Crippen molar-refractivity contribution in [3.63, 3.8) is 0 Å². The van der Waals surface area contributed by atoms with Gasteiger partial charge in [0.1, 0.15) is 17.0 Å². The first kappa shape index (κ1) is 19.7. The minimum atomic E-state index is -0.952. The van der Waals surface area contributed by atoms with E-state index < -0.39 is 11.0 Å². The number of carbonyl (C=O) groups excluding carboxylic acids is 3. The summed E-state index contributed by atoms with van der Waals surface area (Å²) in [6.45, 7) is 7.81. The lowest BCUT2D eigenvalue weighted by Crippen LogP contribution is -2.71.